The molecule has 0 heterocycles. The Morgan fingerprint density at radius 3 is 1.83 bits per heavy atom. The molecule has 0 radical (unpaired) electrons. The van der Waals surface area contributed by atoms with E-state index >= 15 is 0 Å². The third kappa shape index (κ3) is 1.41. The molecule has 0 N–H and O–H groups in total. The molecule has 0 aromatic heterocycles. The van der Waals surface area contributed by atoms with Crippen LogP contribution in [0.3, 0.4) is 0 Å². The highest BCUT2D eigenvalue weighted by Gasteiger charge is 2.43. The van der Waals surface area contributed by atoms with Gasteiger partial charge in [0.1, 0.15) is 0 Å². The summed E-state index contributed by atoms with van der Waals surface area (Å²) in [6.45, 7) is 9.70. The smallest absolute Gasteiger partial charge is 0.0272 e. The van der Waals surface area contributed by atoms with E-state index in [4.69, 9.17) is 0 Å². The van der Waals surface area contributed by atoms with E-state index < -0.39 is 0 Å². The Hall–Kier alpha value is 0. The lowest BCUT2D eigenvalue weighted by Gasteiger charge is -2.43. The fourth-order valence-electron chi connectivity index (χ4n) is 2.86. The van der Waals surface area contributed by atoms with Crippen LogP contribution in [-0.4, -0.2) is 0 Å². The summed E-state index contributed by atoms with van der Waals surface area (Å²) in [6.07, 6.45) is 8.55. The molecule has 0 aliphatic heterocycles. The summed E-state index contributed by atoms with van der Waals surface area (Å²) in [5.41, 5.74) is 1.25. The van der Waals surface area contributed by atoms with Crippen molar-refractivity contribution < 1.29 is 0 Å². The van der Waals surface area contributed by atoms with Gasteiger partial charge in [-0.15, -0.1) is 0 Å². The molecule has 0 saturated heterocycles. The van der Waals surface area contributed by atoms with Gasteiger partial charge in [0.2, 0.25) is 0 Å². The maximum absolute atomic E-state index is 2.51. The van der Waals surface area contributed by atoms with Gasteiger partial charge < -0.3 is 0 Å². The first kappa shape index (κ1) is 10.1. The fourth-order valence-corrected chi connectivity index (χ4v) is 2.86. The van der Waals surface area contributed by atoms with E-state index in [1.807, 2.05) is 0 Å². The zero-order chi connectivity index (χ0) is 9.24. The van der Waals surface area contributed by atoms with E-state index in [0.29, 0.717) is 10.8 Å². The molecule has 1 saturated carbocycles. The first-order chi connectivity index (χ1) is 5.58. The van der Waals surface area contributed by atoms with Crippen LogP contribution in [0.2, 0.25) is 0 Å². The summed E-state index contributed by atoms with van der Waals surface area (Å²) in [5.74, 6) is 0. The Balaban J connectivity index is 2.75. The molecule has 1 aliphatic carbocycles. The highest BCUT2D eigenvalue weighted by atomic mass is 14.5. The van der Waals surface area contributed by atoms with Crippen molar-refractivity contribution in [1.29, 1.82) is 0 Å². The number of hydrogen-bond donors (Lipinski definition) is 0. The van der Waals surface area contributed by atoms with Gasteiger partial charge in [0.15, 0.2) is 0 Å². The van der Waals surface area contributed by atoms with E-state index in [0.717, 1.165) is 0 Å². The first-order valence-corrected chi connectivity index (χ1v) is 5.58. The van der Waals surface area contributed by atoms with Gasteiger partial charge in [0, 0.05) is 0 Å². The molecular weight excluding hydrogens is 144 g/mol. The SMILES string of the molecule is CCC(C)(CC)C1(C)CCCC1. The zero-order valence-electron chi connectivity index (χ0n) is 9.24. The third-order valence-corrected chi connectivity index (χ3v) is 4.72. The average Bonchev–Trinajstić information content (AvgIpc) is 2.52. The van der Waals surface area contributed by atoms with Crippen LogP contribution in [0.5, 0.6) is 0 Å². The van der Waals surface area contributed by atoms with Gasteiger partial charge in [0.25, 0.3) is 0 Å². The van der Waals surface area contributed by atoms with Crippen LogP contribution in [0.4, 0.5) is 0 Å². The number of hydrogen-bond acceptors (Lipinski definition) is 0. The Morgan fingerprint density at radius 1 is 1.08 bits per heavy atom. The molecule has 0 aromatic rings. The molecule has 0 amide bonds. The molecule has 0 aromatic carbocycles. The Kier molecular flexibility index (Phi) is 2.85. The van der Waals surface area contributed by atoms with Crippen molar-refractivity contribution in [3.63, 3.8) is 0 Å². The molecule has 0 bridgehead atoms. The predicted molar refractivity (Wildman–Crippen MR) is 55.3 cm³/mol. The summed E-state index contributed by atoms with van der Waals surface area (Å²) in [7, 11) is 0. The van der Waals surface area contributed by atoms with Gasteiger partial charge in [-0.3, -0.25) is 0 Å². The van der Waals surface area contributed by atoms with E-state index in [-0.39, 0.29) is 0 Å². The highest BCUT2D eigenvalue weighted by Crippen LogP contribution is 2.54. The second-order valence-electron chi connectivity index (χ2n) is 5.04. The summed E-state index contributed by atoms with van der Waals surface area (Å²) in [4.78, 5) is 0. The predicted octanol–water partition coefficient (Wildman–Crippen LogP) is 4.39. The van der Waals surface area contributed by atoms with E-state index in [2.05, 4.69) is 27.7 Å². The maximum atomic E-state index is 2.51. The third-order valence-electron chi connectivity index (χ3n) is 4.72. The summed E-state index contributed by atoms with van der Waals surface area (Å²) >= 11 is 0. The van der Waals surface area contributed by atoms with Crippen LogP contribution in [0.15, 0.2) is 0 Å². The van der Waals surface area contributed by atoms with Gasteiger partial charge in [-0.1, -0.05) is 53.4 Å². The largest absolute Gasteiger partial charge is 0.0648 e. The van der Waals surface area contributed by atoms with Crippen LogP contribution < -0.4 is 0 Å². The van der Waals surface area contributed by atoms with Crippen LogP contribution in [0.25, 0.3) is 0 Å². The van der Waals surface area contributed by atoms with Gasteiger partial charge >= 0.3 is 0 Å². The van der Waals surface area contributed by atoms with Crippen molar-refractivity contribution in [3.05, 3.63) is 0 Å². The molecule has 0 heteroatoms. The topological polar surface area (TPSA) is 0 Å². The Labute approximate surface area is 77.7 Å². The molecule has 12 heavy (non-hydrogen) atoms. The minimum absolute atomic E-state index is 0.601. The van der Waals surface area contributed by atoms with Crippen LogP contribution >= 0.6 is 0 Å². The molecule has 72 valence electrons. The van der Waals surface area contributed by atoms with Crippen molar-refractivity contribution in [2.24, 2.45) is 10.8 Å². The van der Waals surface area contributed by atoms with Gasteiger partial charge in [-0.25, -0.2) is 0 Å². The van der Waals surface area contributed by atoms with Crippen molar-refractivity contribution in [2.45, 2.75) is 66.2 Å². The van der Waals surface area contributed by atoms with Crippen molar-refractivity contribution >= 4 is 0 Å². The normalized spacial score (nSPS) is 23.0. The molecule has 1 rings (SSSR count). The average molecular weight is 168 g/mol. The minimum atomic E-state index is 0.601. The second kappa shape index (κ2) is 3.40. The Morgan fingerprint density at radius 2 is 1.50 bits per heavy atom. The lowest BCUT2D eigenvalue weighted by molar-refractivity contribution is 0.0656. The van der Waals surface area contributed by atoms with Crippen molar-refractivity contribution in [2.75, 3.05) is 0 Å². The van der Waals surface area contributed by atoms with Crippen LogP contribution in [0, 0.1) is 10.8 Å². The Bertz CT molecular complexity index is 134. The van der Waals surface area contributed by atoms with Gasteiger partial charge in [-0.05, 0) is 23.7 Å². The minimum Gasteiger partial charge on any atom is -0.0648 e. The quantitative estimate of drug-likeness (QED) is 0.586. The highest BCUT2D eigenvalue weighted by molar-refractivity contribution is 4.93. The molecular formula is C12H24. The van der Waals surface area contributed by atoms with E-state index in [1.54, 1.807) is 0 Å². The molecule has 0 spiro atoms. The van der Waals surface area contributed by atoms with Crippen molar-refractivity contribution in [1.82, 2.24) is 0 Å². The summed E-state index contributed by atoms with van der Waals surface area (Å²) in [5, 5.41) is 0. The van der Waals surface area contributed by atoms with Crippen LogP contribution in [-0.2, 0) is 0 Å². The first-order valence-electron chi connectivity index (χ1n) is 5.58. The number of rotatable bonds is 3. The van der Waals surface area contributed by atoms with E-state index in [1.165, 1.54) is 38.5 Å². The van der Waals surface area contributed by atoms with Gasteiger partial charge in [0.05, 0.1) is 0 Å². The standard InChI is InChI=1S/C12H24/c1-5-11(3,6-2)12(4)9-7-8-10-12/h5-10H2,1-4H3. The maximum Gasteiger partial charge on any atom is -0.0272 e. The van der Waals surface area contributed by atoms with Gasteiger partial charge in [-0.2, -0.15) is 0 Å². The summed E-state index contributed by atoms with van der Waals surface area (Å²) < 4.78 is 0. The molecule has 0 unspecified atom stereocenters. The molecule has 1 aliphatic rings. The molecule has 0 atom stereocenters. The lowest BCUT2D eigenvalue weighted by Crippen LogP contribution is -2.34. The zero-order valence-corrected chi connectivity index (χ0v) is 9.24. The van der Waals surface area contributed by atoms with Crippen LogP contribution in [0.1, 0.15) is 66.2 Å². The summed E-state index contributed by atoms with van der Waals surface area (Å²) in [6, 6.07) is 0. The van der Waals surface area contributed by atoms with E-state index in [9.17, 15) is 0 Å². The molecule has 1 fully saturated rings. The second-order valence-corrected chi connectivity index (χ2v) is 5.04. The molecule has 0 nitrogen and oxygen atoms in total. The fraction of sp³-hybridized carbons (Fsp3) is 1.00. The van der Waals surface area contributed by atoms with Crippen molar-refractivity contribution in [3.8, 4) is 0 Å². The monoisotopic (exact) mass is 168 g/mol. The lowest BCUT2D eigenvalue weighted by atomic mass is 9.61.